The normalized spacial score (nSPS) is 13.2. The Bertz CT molecular complexity index is 802. The molecule has 2 N–H and O–H groups in total. The minimum atomic E-state index is -0.129. The van der Waals surface area contributed by atoms with Gasteiger partial charge in [-0.2, -0.15) is 0 Å². The molecular formula is C18H21N3O3S. The first-order valence-corrected chi connectivity index (χ1v) is 9.33. The number of amides is 1. The van der Waals surface area contributed by atoms with Gasteiger partial charge in [0.15, 0.2) is 5.16 Å². The second-order valence-corrected chi connectivity index (χ2v) is 6.92. The number of thioether (sulfide) groups is 1. The Morgan fingerprint density at radius 2 is 2.04 bits per heavy atom. The molecule has 6 nitrogen and oxygen atoms in total. The zero-order valence-corrected chi connectivity index (χ0v) is 14.9. The summed E-state index contributed by atoms with van der Waals surface area (Å²) < 4.78 is 5.07. The second-order valence-electron chi connectivity index (χ2n) is 5.84. The van der Waals surface area contributed by atoms with Crippen molar-refractivity contribution in [2.45, 2.75) is 30.8 Å². The molecule has 3 rings (SSSR count). The number of rotatable bonds is 6. The van der Waals surface area contributed by atoms with Crippen molar-refractivity contribution in [2.24, 2.45) is 0 Å². The molecule has 132 valence electrons. The number of nitrogens with one attached hydrogen (secondary N) is 2. The van der Waals surface area contributed by atoms with Gasteiger partial charge in [0.25, 0.3) is 11.5 Å². The van der Waals surface area contributed by atoms with Gasteiger partial charge in [-0.05, 0) is 49.9 Å². The first kappa shape index (κ1) is 17.5. The first-order valence-electron chi connectivity index (χ1n) is 8.34. The van der Waals surface area contributed by atoms with Gasteiger partial charge in [-0.1, -0.05) is 11.8 Å². The van der Waals surface area contributed by atoms with Gasteiger partial charge >= 0.3 is 0 Å². The van der Waals surface area contributed by atoms with Crippen molar-refractivity contribution in [2.75, 3.05) is 19.4 Å². The van der Waals surface area contributed by atoms with Crippen molar-refractivity contribution >= 4 is 17.7 Å². The summed E-state index contributed by atoms with van der Waals surface area (Å²) in [6.45, 7) is 0.496. The first-order chi connectivity index (χ1) is 12.2. The molecule has 0 fully saturated rings. The van der Waals surface area contributed by atoms with Crippen molar-refractivity contribution in [3.05, 3.63) is 51.4 Å². The van der Waals surface area contributed by atoms with E-state index in [0.717, 1.165) is 42.7 Å². The second kappa shape index (κ2) is 8.20. The summed E-state index contributed by atoms with van der Waals surface area (Å²) in [4.78, 5) is 31.5. The molecule has 0 atom stereocenters. The number of carbonyl (C=O) groups is 1. The van der Waals surface area contributed by atoms with E-state index in [1.54, 1.807) is 31.4 Å². The lowest BCUT2D eigenvalue weighted by Gasteiger charge is -2.14. The molecule has 0 saturated heterocycles. The number of H-pyrrole nitrogens is 1. The van der Waals surface area contributed by atoms with Gasteiger partial charge in [0.05, 0.1) is 12.8 Å². The van der Waals surface area contributed by atoms with Gasteiger partial charge in [0, 0.05) is 23.4 Å². The van der Waals surface area contributed by atoms with Crippen molar-refractivity contribution in [3.8, 4) is 5.75 Å². The largest absolute Gasteiger partial charge is 0.497 e. The average Bonchev–Trinajstić information content (AvgIpc) is 2.65. The van der Waals surface area contributed by atoms with E-state index in [2.05, 4.69) is 15.3 Å². The number of hydrogen-bond acceptors (Lipinski definition) is 5. The highest BCUT2D eigenvalue weighted by atomic mass is 32.2. The van der Waals surface area contributed by atoms with Gasteiger partial charge in [-0.15, -0.1) is 0 Å². The third-order valence-electron chi connectivity index (χ3n) is 4.15. The quantitative estimate of drug-likeness (QED) is 0.469. The Kier molecular flexibility index (Phi) is 5.75. The molecule has 25 heavy (non-hydrogen) atoms. The van der Waals surface area contributed by atoms with Crippen molar-refractivity contribution < 1.29 is 9.53 Å². The van der Waals surface area contributed by atoms with Crippen LogP contribution in [0.25, 0.3) is 0 Å². The molecule has 1 heterocycles. The number of ether oxygens (including phenoxy) is 1. The fraction of sp³-hybridized carbons (Fsp3) is 0.389. The molecule has 0 spiro atoms. The number of benzene rings is 1. The highest BCUT2D eigenvalue weighted by molar-refractivity contribution is 7.99. The summed E-state index contributed by atoms with van der Waals surface area (Å²) in [6, 6.07) is 6.96. The Morgan fingerprint density at radius 1 is 1.28 bits per heavy atom. The Balaban J connectivity index is 1.50. The van der Waals surface area contributed by atoms with Gasteiger partial charge in [0.1, 0.15) is 5.75 Å². The van der Waals surface area contributed by atoms with Crippen LogP contribution in [0.15, 0.2) is 34.2 Å². The van der Waals surface area contributed by atoms with Crippen LogP contribution in [0, 0.1) is 0 Å². The van der Waals surface area contributed by atoms with Crippen LogP contribution in [0.3, 0.4) is 0 Å². The lowest BCUT2D eigenvalue weighted by Crippen LogP contribution is -2.26. The summed E-state index contributed by atoms with van der Waals surface area (Å²) in [5.41, 5.74) is 2.34. The Morgan fingerprint density at radius 3 is 2.80 bits per heavy atom. The van der Waals surface area contributed by atoms with E-state index in [4.69, 9.17) is 4.74 Å². The number of aromatic amines is 1. The third-order valence-corrected chi connectivity index (χ3v) is 5.02. The fourth-order valence-electron chi connectivity index (χ4n) is 2.81. The molecule has 2 aromatic rings. The zero-order chi connectivity index (χ0) is 17.6. The van der Waals surface area contributed by atoms with E-state index in [1.807, 2.05) is 0 Å². The summed E-state index contributed by atoms with van der Waals surface area (Å²) in [5, 5.41) is 3.49. The Labute approximate surface area is 150 Å². The molecule has 7 heteroatoms. The Hall–Kier alpha value is -2.28. The van der Waals surface area contributed by atoms with Crippen LogP contribution in [0.1, 0.15) is 34.5 Å². The van der Waals surface area contributed by atoms with E-state index in [1.165, 1.54) is 11.8 Å². The van der Waals surface area contributed by atoms with Crippen LogP contribution < -0.4 is 15.6 Å². The number of hydrogen-bond donors (Lipinski definition) is 2. The van der Waals surface area contributed by atoms with Crippen LogP contribution >= 0.6 is 11.8 Å². The molecule has 0 unspecified atom stereocenters. The van der Waals surface area contributed by atoms with Crippen LogP contribution in [0.5, 0.6) is 5.75 Å². The van der Waals surface area contributed by atoms with Gasteiger partial charge in [0.2, 0.25) is 0 Å². The van der Waals surface area contributed by atoms with E-state index < -0.39 is 0 Å². The molecular weight excluding hydrogens is 338 g/mol. The maximum atomic E-state index is 12.1. The maximum absolute atomic E-state index is 12.1. The topological polar surface area (TPSA) is 84.1 Å². The maximum Gasteiger partial charge on any atom is 0.254 e. The highest BCUT2D eigenvalue weighted by Gasteiger charge is 2.15. The van der Waals surface area contributed by atoms with Crippen LogP contribution in [0.4, 0.5) is 0 Å². The molecule has 1 amide bonds. The monoisotopic (exact) mass is 359 g/mol. The minimum Gasteiger partial charge on any atom is -0.497 e. The van der Waals surface area contributed by atoms with Crippen LogP contribution in [-0.4, -0.2) is 35.3 Å². The third kappa shape index (κ3) is 4.42. The lowest BCUT2D eigenvalue weighted by molar-refractivity contribution is 0.0956. The standard InChI is InChI=1S/C18H21N3O3S/c1-24-13-8-6-12(7-9-13)16(22)19-10-11-25-18-20-15-5-3-2-4-14(15)17(23)21-18/h6-9H,2-5,10-11H2,1H3,(H,19,22)(H,20,21,23). The number of methoxy groups -OCH3 is 1. The number of fused-ring (bicyclic) bond motifs is 1. The summed E-state index contributed by atoms with van der Waals surface area (Å²) in [5.74, 6) is 1.23. The minimum absolute atomic E-state index is 0.0190. The average molecular weight is 359 g/mol. The lowest BCUT2D eigenvalue weighted by atomic mass is 9.97. The molecule has 0 bridgehead atoms. The van der Waals surface area contributed by atoms with Gasteiger partial charge in [-0.3, -0.25) is 9.59 Å². The van der Waals surface area contributed by atoms with E-state index in [0.29, 0.717) is 23.0 Å². The number of nitrogens with zero attached hydrogens (tertiary/aromatic N) is 1. The number of aryl methyl sites for hydroxylation is 1. The van der Waals surface area contributed by atoms with Gasteiger partial charge in [-0.25, -0.2) is 4.98 Å². The van der Waals surface area contributed by atoms with Gasteiger partial charge < -0.3 is 15.0 Å². The van der Waals surface area contributed by atoms with Crippen LogP contribution in [-0.2, 0) is 12.8 Å². The zero-order valence-electron chi connectivity index (χ0n) is 14.1. The summed E-state index contributed by atoms with van der Waals surface area (Å²) in [6.07, 6.45) is 3.84. The van der Waals surface area contributed by atoms with Crippen LogP contribution in [0.2, 0.25) is 0 Å². The number of aromatic nitrogens is 2. The molecule has 0 aliphatic heterocycles. The number of carbonyl (C=O) groups excluding carboxylic acids is 1. The molecule has 1 aromatic carbocycles. The smallest absolute Gasteiger partial charge is 0.254 e. The molecule has 1 aromatic heterocycles. The summed E-state index contributed by atoms with van der Waals surface area (Å²) >= 11 is 1.45. The SMILES string of the molecule is COc1ccc(C(=O)NCCSc2nc3c(c(=O)[nH]2)CCCC3)cc1. The van der Waals surface area contributed by atoms with E-state index in [9.17, 15) is 9.59 Å². The van der Waals surface area contributed by atoms with E-state index >= 15 is 0 Å². The molecule has 1 aliphatic carbocycles. The summed E-state index contributed by atoms with van der Waals surface area (Å²) in [7, 11) is 1.59. The predicted molar refractivity (Wildman–Crippen MR) is 97.6 cm³/mol. The van der Waals surface area contributed by atoms with E-state index in [-0.39, 0.29) is 11.5 Å². The van der Waals surface area contributed by atoms with Crippen molar-refractivity contribution in [1.29, 1.82) is 0 Å². The fourth-order valence-corrected chi connectivity index (χ4v) is 3.54. The highest BCUT2D eigenvalue weighted by Crippen LogP contribution is 2.19. The predicted octanol–water partition coefficient (Wildman–Crippen LogP) is 2.18. The van der Waals surface area contributed by atoms with Crippen molar-refractivity contribution in [3.63, 3.8) is 0 Å². The van der Waals surface area contributed by atoms with Crippen molar-refractivity contribution in [1.82, 2.24) is 15.3 Å². The molecule has 0 saturated carbocycles. The molecule has 1 aliphatic rings. The molecule has 0 radical (unpaired) electrons.